The van der Waals surface area contributed by atoms with Crippen molar-refractivity contribution in [1.82, 2.24) is 0 Å². The minimum absolute atomic E-state index is 0.0189. The topological polar surface area (TPSA) is 30.2 Å². The molecule has 0 fully saturated rings. The van der Waals surface area contributed by atoms with Gasteiger partial charge in [-0.25, -0.2) is 0 Å². The molecular formula is C18H16O2. The van der Waals surface area contributed by atoms with Crippen LogP contribution in [0.25, 0.3) is 11.0 Å². The zero-order valence-corrected chi connectivity index (χ0v) is 11.4. The molecule has 0 bridgehead atoms. The predicted octanol–water partition coefficient (Wildman–Crippen LogP) is 4.42. The largest absolute Gasteiger partial charge is 0.453 e. The lowest BCUT2D eigenvalue weighted by Crippen LogP contribution is -2.01. The second-order valence-corrected chi connectivity index (χ2v) is 4.92. The van der Waals surface area contributed by atoms with Crippen LogP contribution >= 0.6 is 0 Å². The number of fused-ring (bicyclic) bond motifs is 1. The first-order chi connectivity index (χ1) is 9.76. The summed E-state index contributed by atoms with van der Waals surface area (Å²) in [5, 5.41) is 0.970. The summed E-state index contributed by atoms with van der Waals surface area (Å²) in [6.45, 7) is 2.12. The highest BCUT2D eigenvalue weighted by atomic mass is 16.3. The van der Waals surface area contributed by atoms with Crippen molar-refractivity contribution >= 4 is 16.8 Å². The lowest BCUT2D eigenvalue weighted by atomic mass is 10.0. The minimum Gasteiger partial charge on any atom is -0.453 e. The molecule has 0 saturated carbocycles. The average Bonchev–Trinajstić information content (AvgIpc) is 2.92. The van der Waals surface area contributed by atoms with Gasteiger partial charge in [-0.1, -0.05) is 49.4 Å². The summed E-state index contributed by atoms with van der Waals surface area (Å²) in [5.74, 6) is 0.455. The molecule has 3 aromatic rings. The van der Waals surface area contributed by atoms with Gasteiger partial charge in [-0.3, -0.25) is 4.79 Å². The maximum atomic E-state index is 12.2. The Bertz CT molecular complexity index is 702. The number of furan rings is 1. The summed E-state index contributed by atoms with van der Waals surface area (Å²) in [5.41, 5.74) is 3.06. The molecule has 0 aliphatic rings. The van der Waals surface area contributed by atoms with Crippen LogP contribution in [0.1, 0.15) is 28.6 Å². The van der Waals surface area contributed by atoms with Gasteiger partial charge >= 0.3 is 0 Å². The maximum Gasteiger partial charge on any atom is 0.202 e. The van der Waals surface area contributed by atoms with Crippen molar-refractivity contribution in [3.63, 3.8) is 0 Å². The Morgan fingerprint density at radius 3 is 2.40 bits per heavy atom. The third kappa shape index (κ3) is 2.50. The highest BCUT2D eigenvalue weighted by Gasteiger charge is 2.12. The number of benzene rings is 2. The van der Waals surface area contributed by atoms with Crippen LogP contribution in [0.4, 0.5) is 0 Å². The van der Waals surface area contributed by atoms with Gasteiger partial charge in [0.2, 0.25) is 5.78 Å². The number of carbonyl (C=O) groups excluding carboxylic acids is 1. The summed E-state index contributed by atoms with van der Waals surface area (Å²) in [6.07, 6.45) is 1.39. The number of rotatable bonds is 4. The number of hydrogen-bond acceptors (Lipinski definition) is 2. The van der Waals surface area contributed by atoms with Crippen molar-refractivity contribution in [3.05, 3.63) is 71.5 Å². The maximum absolute atomic E-state index is 12.2. The Balaban J connectivity index is 1.81. The Morgan fingerprint density at radius 1 is 1.00 bits per heavy atom. The Morgan fingerprint density at radius 2 is 1.70 bits per heavy atom. The van der Waals surface area contributed by atoms with E-state index >= 15 is 0 Å². The van der Waals surface area contributed by atoms with Gasteiger partial charge in [0.1, 0.15) is 5.58 Å². The minimum atomic E-state index is 0.0189. The van der Waals surface area contributed by atoms with E-state index in [4.69, 9.17) is 4.42 Å². The molecule has 0 radical (unpaired) electrons. The first-order valence-corrected chi connectivity index (χ1v) is 6.86. The number of ketones is 1. The molecule has 0 amide bonds. The SMILES string of the molecule is CCc1ccc(CC(=O)c2cc3ccccc3o2)cc1. The third-order valence-corrected chi connectivity index (χ3v) is 3.50. The smallest absolute Gasteiger partial charge is 0.202 e. The van der Waals surface area contributed by atoms with Crippen molar-refractivity contribution < 1.29 is 9.21 Å². The lowest BCUT2D eigenvalue weighted by Gasteiger charge is -2.01. The normalized spacial score (nSPS) is 10.8. The number of carbonyl (C=O) groups is 1. The van der Waals surface area contributed by atoms with Crippen LogP contribution in [0.3, 0.4) is 0 Å². The van der Waals surface area contributed by atoms with E-state index in [9.17, 15) is 4.79 Å². The molecule has 0 aliphatic carbocycles. The molecule has 2 aromatic carbocycles. The van der Waals surface area contributed by atoms with E-state index in [2.05, 4.69) is 19.1 Å². The van der Waals surface area contributed by atoms with Gasteiger partial charge in [0.25, 0.3) is 0 Å². The summed E-state index contributed by atoms with van der Waals surface area (Å²) < 4.78 is 5.60. The first-order valence-electron chi connectivity index (χ1n) is 6.86. The van der Waals surface area contributed by atoms with E-state index in [0.29, 0.717) is 12.2 Å². The number of para-hydroxylation sites is 1. The molecule has 0 aliphatic heterocycles. The van der Waals surface area contributed by atoms with E-state index in [1.807, 2.05) is 42.5 Å². The van der Waals surface area contributed by atoms with E-state index in [0.717, 1.165) is 23.0 Å². The molecule has 0 atom stereocenters. The van der Waals surface area contributed by atoms with Crippen molar-refractivity contribution in [2.24, 2.45) is 0 Å². The number of aryl methyl sites for hydroxylation is 1. The molecule has 0 N–H and O–H groups in total. The van der Waals surface area contributed by atoms with Crippen molar-refractivity contribution in [1.29, 1.82) is 0 Å². The molecule has 3 rings (SSSR count). The van der Waals surface area contributed by atoms with Crippen LogP contribution in [0, 0.1) is 0 Å². The number of hydrogen-bond donors (Lipinski definition) is 0. The molecule has 2 heteroatoms. The molecular weight excluding hydrogens is 248 g/mol. The van der Waals surface area contributed by atoms with Gasteiger partial charge in [0.05, 0.1) is 0 Å². The van der Waals surface area contributed by atoms with Gasteiger partial charge in [0, 0.05) is 11.8 Å². The monoisotopic (exact) mass is 264 g/mol. The quantitative estimate of drug-likeness (QED) is 0.653. The van der Waals surface area contributed by atoms with Crippen molar-refractivity contribution in [3.8, 4) is 0 Å². The van der Waals surface area contributed by atoms with Crippen molar-refractivity contribution in [2.45, 2.75) is 19.8 Å². The van der Waals surface area contributed by atoms with Gasteiger partial charge < -0.3 is 4.42 Å². The Hall–Kier alpha value is -2.35. The molecule has 0 spiro atoms. The fraction of sp³-hybridized carbons (Fsp3) is 0.167. The molecule has 0 saturated heterocycles. The lowest BCUT2D eigenvalue weighted by molar-refractivity contribution is 0.0968. The summed E-state index contributed by atoms with van der Waals surface area (Å²) in [7, 11) is 0. The average molecular weight is 264 g/mol. The Kier molecular flexibility index (Phi) is 3.38. The van der Waals surface area contributed by atoms with Crippen LogP contribution in [0.2, 0.25) is 0 Å². The molecule has 2 nitrogen and oxygen atoms in total. The van der Waals surface area contributed by atoms with Crippen LogP contribution < -0.4 is 0 Å². The second-order valence-electron chi connectivity index (χ2n) is 4.92. The predicted molar refractivity (Wildman–Crippen MR) is 80.1 cm³/mol. The summed E-state index contributed by atoms with van der Waals surface area (Å²) >= 11 is 0. The van der Waals surface area contributed by atoms with E-state index in [1.54, 1.807) is 0 Å². The summed E-state index contributed by atoms with van der Waals surface area (Å²) in [4.78, 5) is 12.2. The van der Waals surface area contributed by atoms with Crippen LogP contribution in [0.15, 0.2) is 59.0 Å². The van der Waals surface area contributed by atoms with Gasteiger partial charge in [-0.2, -0.15) is 0 Å². The molecule has 1 aromatic heterocycles. The van der Waals surface area contributed by atoms with E-state index in [1.165, 1.54) is 5.56 Å². The van der Waals surface area contributed by atoms with Crippen molar-refractivity contribution in [2.75, 3.05) is 0 Å². The van der Waals surface area contributed by atoms with E-state index in [-0.39, 0.29) is 5.78 Å². The molecule has 100 valence electrons. The third-order valence-electron chi connectivity index (χ3n) is 3.50. The zero-order chi connectivity index (χ0) is 13.9. The standard InChI is InChI=1S/C18H16O2/c1-2-13-7-9-14(10-8-13)11-16(19)18-12-15-5-3-4-6-17(15)20-18/h3-10,12H,2,11H2,1H3. The molecule has 20 heavy (non-hydrogen) atoms. The fourth-order valence-corrected chi connectivity index (χ4v) is 2.28. The van der Waals surface area contributed by atoms with Crippen LogP contribution in [0.5, 0.6) is 0 Å². The first kappa shape index (κ1) is 12.7. The Labute approximate surface area is 118 Å². The fourth-order valence-electron chi connectivity index (χ4n) is 2.28. The van der Waals surface area contributed by atoms with Crippen LogP contribution in [-0.4, -0.2) is 5.78 Å². The summed E-state index contributed by atoms with van der Waals surface area (Å²) in [6, 6.07) is 17.7. The van der Waals surface area contributed by atoms with Gasteiger partial charge in [0.15, 0.2) is 5.76 Å². The van der Waals surface area contributed by atoms with Crippen LogP contribution in [-0.2, 0) is 12.8 Å². The van der Waals surface area contributed by atoms with Gasteiger partial charge in [-0.05, 0) is 29.7 Å². The molecule has 1 heterocycles. The van der Waals surface area contributed by atoms with E-state index < -0.39 is 0 Å². The highest BCUT2D eigenvalue weighted by molar-refractivity contribution is 5.98. The highest BCUT2D eigenvalue weighted by Crippen LogP contribution is 2.20. The second kappa shape index (κ2) is 5.33. The number of Topliss-reactive ketones (excluding diaryl/α,β-unsaturated/α-hetero) is 1. The molecule has 0 unspecified atom stereocenters. The van der Waals surface area contributed by atoms with Gasteiger partial charge in [-0.15, -0.1) is 0 Å². The zero-order valence-electron chi connectivity index (χ0n) is 11.4.